The molecule has 0 aliphatic heterocycles. The van der Waals surface area contributed by atoms with Gasteiger partial charge in [-0.25, -0.2) is 4.39 Å². The average Bonchev–Trinajstić information content (AvgIpc) is 2.47. The van der Waals surface area contributed by atoms with Gasteiger partial charge in [0, 0.05) is 11.6 Å². The first-order valence-corrected chi connectivity index (χ1v) is 6.27. The van der Waals surface area contributed by atoms with E-state index in [1.54, 1.807) is 36.4 Å². The lowest BCUT2D eigenvalue weighted by molar-refractivity contribution is 0.266. The lowest BCUT2D eigenvalue weighted by Gasteiger charge is -2.12. The van der Waals surface area contributed by atoms with Gasteiger partial charge < -0.3 is 9.47 Å². The van der Waals surface area contributed by atoms with Crippen molar-refractivity contribution < 1.29 is 13.9 Å². The number of rotatable bonds is 5. The lowest BCUT2D eigenvalue weighted by Crippen LogP contribution is -2.01. The second kappa shape index (κ2) is 6.58. The number of hydrogen-bond donors (Lipinski definition) is 0. The molecule has 0 radical (unpaired) electrons. The van der Waals surface area contributed by atoms with Crippen molar-refractivity contribution >= 4 is 0 Å². The van der Waals surface area contributed by atoms with Gasteiger partial charge in [0.15, 0.2) is 11.5 Å². The fourth-order valence-electron chi connectivity index (χ4n) is 1.74. The molecular weight excluding hydrogens is 257 g/mol. The van der Waals surface area contributed by atoms with E-state index in [0.717, 1.165) is 0 Å². The standard InChI is InChI=1S/C16H14FNO2/c1-2-19-16-9-12(10-18)7-8-15(16)20-11-13-5-3-4-6-14(13)17/h3-9H,2,11H2,1H3. The van der Waals surface area contributed by atoms with Crippen LogP contribution in [0.2, 0.25) is 0 Å². The van der Waals surface area contributed by atoms with Gasteiger partial charge in [-0.3, -0.25) is 0 Å². The molecular formula is C16H14FNO2. The zero-order valence-electron chi connectivity index (χ0n) is 11.1. The summed E-state index contributed by atoms with van der Waals surface area (Å²) >= 11 is 0. The monoisotopic (exact) mass is 271 g/mol. The molecule has 0 amide bonds. The van der Waals surface area contributed by atoms with Crippen LogP contribution in [-0.2, 0) is 6.61 Å². The van der Waals surface area contributed by atoms with E-state index in [-0.39, 0.29) is 12.4 Å². The summed E-state index contributed by atoms with van der Waals surface area (Å²) in [5.74, 6) is 0.677. The summed E-state index contributed by atoms with van der Waals surface area (Å²) in [4.78, 5) is 0. The van der Waals surface area contributed by atoms with E-state index in [2.05, 4.69) is 0 Å². The maximum atomic E-state index is 13.5. The maximum absolute atomic E-state index is 13.5. The van der Waals surface area contributed by atoms with E-state index >= 15 is 0 Å². The zero-order chi connectivity index (χ0) is 14.4. The highest BCUT2D eigenvalue weighted by atomic mass is 19.1. The zero-order valence-corrected chi connectivity index (χ0v) is 11.1. The van der Waals surface area contributed by atoms with Crippen molar-refractivity contribution in [3.05, 3.63) is 59.4 Å². The Kier molecular flexibility index (Phi) is 4.56. The van der Waals surface area contributed by atoms with Crippen LogP contribution in [0.5, 0.6) is 11.5 Å². The SMILES string of the molecule is CCOc1cc(C#N)ccc1OCc1ccccc1F. The van der Waals surface area contributed by atoms with E-state index in [1.165, 1.54) is 6.07 Å². The number of nitriles is 1. The van der Waals surface area contributed by atoms with E-state index in [0.29, 0.717) is 29.2 Å². The first kappa shape index (κ1) is 13.9. The van der Waals surface area contributed by atoms with Gasteiger partial charge in [0.1, 0.15) is 12.4 Å². The first-order valence-electron chi connectivity index (χ1n) is 6.27. The van der Waals surface area contributed by atoms with Crippen LogP contribution in [0.3, 0.4) is 0 Å². The Hall–Kier alpha value is -2.54. The van der Waals surface area contributed by atoms with Crippen LogP contribution in [0.25, 0.3) is 0 Å². The highest BCUT2D eigenvalue weighted by molar-refractivity contribution is 5.46. The number of hydrogen-bond acceptors (Lipinski definition) is 3. The second-order valence-electron chi connectivity index (χ2n) is 4.09. The molecule has 0 heterocycles. The molecule has 0 aliphatic rings. The van der Waals surface area contributed by atoms with Gasteiger partial charge in [0.05, 0.1) is 18.2 Å². The number of ether oxygens (including phenoxy) is 2. The van der Waals surface area contributed by atoms with Gasteiger partial charge in [-0.1, -0.05) is 18.2 Å². The first-order chi connectivity index (χ1) is 9.74. The Bertz CT molecular complexity index is 635. The topological polar surface area (TPSA) is 42.2 Å². The average molecular weight is 271 g/mol. The Morgan fingerprint density at radius 2 is 1.90 bits per heavy atom. The van der Waals surface area contributed by atoms with Gasteiger partial charge in [0.2, 0.25) is 0 Å². The molecule has 0 aromatic heterocycles. The lowest BCUT2D eigenvalue weighted by atomic mass is 10.2. The molecule has 0 N–H and O–H groups in total. The minimum Gasteiger partial charge on any atom is -0.490 e. The van der Waals surface area contributed by atoms with Gasteiger partial charge >= 0.3 is 0 Å². The van der Waals surface area contributed by atoms with E-state index in [9.17, 15) is 4.39 Å². The fourth-order valence-corrected chi connectivity index (χ4v) is 1.74. The Labute approximate surface area is 117 Å². The summed E-state index contributed by atoms with van der Waals surface area (Å²) in [5.41, 5.74) is 0.964. The molecule has 0 bridgehead atoms. The summed E-state index contributed by atoms with van der Waals surface area (Å²) in [7, 11) is 0. The molecule has 102 valence electrons. The minimum absolute atomic E-state index is 0.110. The summed E-state index contributed by atoms with van der Waals surface area (Å²) in [6, 6.07) is 13.4. The van der Waals surface area contributed by atoms with Crippen LogP contribution in [0.4, 0.5) is 4.39 Å². The molecule has 2 rings (SSSR count). The molecule has 0 saturated heterocycles. The number of benzene rings is 2. The van der Waals surface area contributed by atoms with Crippen LogP contribution in [0, 0.1) is 17.1 Å². The molecule has 0 aliphatic carbocycles. The predicted octanol–water partition coefficient (Wildman–Crippen LogP) is 3.68. The van der Waals surface area contributed by atoms with Crippen LogP contribution < -0.4 is 9.47 Å². The summed E-state index contributed by atoms with van der Waals surface area (Å²) in [6.45, 7) is 2.42. The number of halogens is 1. The Morgan fingerprint density at radius 3 is 2.60 bits per heavy atom. The quantitative estimate of drug-likeness (QED) is 0.833. The van der Waals surface area contributed by atoms with Crippen molar-refractivity contribution in [3.63, 3.8) is 0 Å². The maximum Gasteiger partial charge on any atom is 0.162 e. The van der Waals surface area contributed by atoms with E-state index in [4.69, 9.17) is 14.7 Å². The van der Waals surface area contributed by atoms with Gasteiger partial charge in [0.25, 0.3) is 0 Å². The van der Waals surface area contributed by atoms with Crippen LogP contribution in [0.1, 0.15) is 18.1 Å². The molecule has 4 heteroatoms. The van der Waals surface area contributed by atoms with E-state index in [1.807, 2.05) is 13.0 Å². The molecule has 0 atom stereocenters. The molecule has 2 aromatic carbocycles. The van der Waals surface area contributed by atoms with Gasteiger partial charge in [-0.05, 0) is 25.1 Å². The third-order valence-corrected chi connectivity index (χ3v) is 2.71. The Balaban J connectivity index is 2.17. The van der Waals surface area contributed by atoms with Crippen molar-refractivity contribution in [2.75, 3.05) is 6.61 Å². The highest BCUT2D eigenvalue weighted by Crippen LogP contribution is 2.29. The van der Waals surface area contributed by atoms with Crippen molar-refractivity contribution in [2.45, 2.75) is 13.5 Å². The summed E-state index contributed by atoms with van der Waals surface area (Å²) in [5, 5.41) is 8.87. The molecule has 3 nitrogen and oxygen atoms in total. The highest BCUT2D eigenvalue weighted by Gasteiger charge is 2.08. The molecule has 0 saturated carbocycles. The normalized spacial score (nSPS) is 9.85. The van der Waals surface area contributed by atoms with E-state index < -0.39 is 0 Å². The van der Waals surface area contributed by atoms with Crippen LogP contribution in [-0.4, -0.2) is 6.61 Å². The molecule has 0 unspecified atom stereocenters. The van der Waals surface area contributed by atoms with Crippen LogP contribution >= 0.6 is 0 Å². The predicted molar refractivity (Wildman–Crippen MR) is 73.1 cm³/mol. The molecule has 0 spiro atoms. The van der Waals surface area contributed by atoms with Crippen molar-refractivity contribution in [1.82, 2.24) is 0 Å². The number of nitrogens with zero attached hydrogens (tertiary/aromatic N) is 1. The van der Waals surface area contributed by atoms with Crippen LogP contribution in [0.15, 0.2) is 42.5 Å². The van der Waals surface area contributed by atoms with Crippen molar-refractivity contribution in [1.29, 1.82) is 5.26 Å². The molecule has 0 fully saturated rings. The summed E-state index contributed by atoms with van der Waals surface area (Å²) in [6.07, 6.45) is 0. The minimum atomic E-state index is -0.306. The Morgan fingerprint density at radius 1 is 1.10 bits per heavy atom. The van der Waals surface area contributed by atoms with Gasteiger partial charge in [-0.2, -0.15) is 5.26 Å². The third-order valence-electron chi connectivity index (χ3n) is 2.71. The fraction of sp³-hybridized carbons (Fsp3) is 0.188. The second-order valence-corrected chi connectivity index (χ2v) is 4.09. The van der Waals surface area contributed by atoms with Gasteiger partial charge in [-0.15, -0.1) is 0 Å². The molecule has 2 aromatic rings. The smallest absolute Gasteiger partial charge is 0.162 e. The van der Waals surface area contributed by atoms with Crippen molar-refractivity contribution in [3.8, 4) is 17.6 Å². The largest absolute Gasteiger partial charge is 0.490 e. The molecule has 20 heavy (non-hydrogen) atoms. The third kappa shape index (κ3) is 3.27. The van der Waals surface area contributed by atoms with Crippen molar-refractivity contribution in [2.24, 2.45) is 0 Å². The summed E-state index contributed by atoms with van der Waals surface area (Å²) < 4.78 is 24.5.